The Morgan fingerprint density at radius 2 is 2.47 bits per heavy atom. The van der Waals surface area contributed by atoms with Crippen LogP contribution in [0.15, 0.2) is 11.4 Å². The highest BCUT2D eigenvalue weighted by Crippen LogP contribution is 2.31. The Bertz CT molecular complexity index is 420. The van der Waals surface area contributed by atoms with E-state index in [1.165, 1.54) is 4.88 Å². The van der Waals surface area contributed by atoms with Gasteiger partial charge in [0, 0.05) is 23.3 Å². The Kier molecular flexibility index (Phi) is 3.76. The van der Waals surface area contributed by atoms with Gasteiger partial charge in [0.05, 0.1) is 10.4 Å². The van der Waals surface area contributed by atoms with Gasteiger partial charge in [-0.1, -0.05) is 11.6 Å². The van der Waals surface area contributed by atoms with Crippen molar-refractivity contribution in [3.8, 4) is 0 Å². The molecule has 1 fully saturated rings. The molecule has 1 aliphatic heterocycles. The summed E-state index contributed by atoms with van der Waals surface area (Å²) in [4.78, 5) is 14.6. The molecule has 94 valence electrons. The molecule has 1 aromatic rings. The van der Waals surface area contributed by atoms with E-state index in [1.807, 2.05) is 18.4 Å². The molecule has 2 heterocycles. The number of likely N-dealkylation sites (tertiary alicyclic amines) is 1. The summed E-state index contributed by atoms with van der Waals surface area (Å²) < 4.78 is 0. The van der Waals surface area contributed by atoms with Crippen LogP contribution < -0.4 is 0 Å². The van der Waals surface area contributed by atoms with Gasteiger partial charge < -0.3 is 5.11 Å². The van der Waals surface area contributed by atoms with Crippen LogP contribution in [0, 0.1) is 5.41 Å². The average molecular weight is 274 g/mol. The van der Waals surface area contributed by atoms with E-state index in [1.54, 1.807) is 11.3 Å². The molecule has 0 bridgehead atoms. The predicted molar refractivity (Wildman–Crippen MR) is 69.6 cm³/mol. The Labute approximate surface area is 110 Å². The zero-order chi connectivity index (χ0) is 12.5. The SMILES string of the molecule is CC1(C(=O)O)CCCN(Cc2cc(Cl)cs2)C1. The second kappa shape index (κ2) is 4.96. The topological polar surface area (TPSA) is 40.5 Å². The van der Waals surface area contributed by atoms with Gasteiger partial charge in [0.1, 0.15) is 0 Å². The van der Waals surface area contributed by atoms with Crippen molar-refractivity contribution in [3.05, 3.63) is 21.3 Å². The van der Waals surface area contributed by atoms with Crippen molar-refractivity contribution in [1.29, 1.82) is 0 Å². The van der Waals surface area contributed by atoms with Crippen molar-refractivity contribution in [3.63, 3.8) is 0 Å². The van der Waals surface area contributed by atoms with Crippen LogP contribution in [0.4, 0.5) is 0 Å². The van der Waals surface area contributed by atoms with Gasteiger partial charge in [0.25, 0.3) is 0 Å². The van der Waals surface area contributed by atoms with Crippen molar-refractivity contribution in [1.82, 2.24) is 4.90 Å². The molecule has 17 heavy (non-hydrogen) atoms. The Hall–Kier alpha value is -0.580. The molecule has 5 heteroatoms. The number of carbonyl (C=O) groups is 1. The van der Waals surface area contributed by atoms with Crippen LogP contribution in [0.25, 0.3) is 0 Å². The lowest BCUT2D eigenvalue weighted by Crippen LogP contribution is -2.45. The molecule has 0 radical (unpaired) electrons. The van der Waals surface area contributed by atoms with E-state index < -0.39 is 11.4 Å². The van der Waals surface area contributed by atoms with Crippen LogP contribution in [-0.2, 0) is 11.3 Å². The van der Waals surface area contributed by atoms with Crippen molar-refractivity contribution in [2.24, 2.45) is 5.41 Å². The molecular weight excluding hydrogens is 258 g/mol. The fourth-order valence-electron chi connectivity index (χ4n) is 2.31. The normalized spacial score (nSPS) is 26.0. The Balaban J connectivity index is 2.00. The van der Waals surface area contributed by atoms with Gasteiger partial charge in [0.15, 0.2) is 0 Å². The predicted octanol–water partition coefficient (Wildman–Crippen LogP) is 3.09. The number of nitrogens with zero attached hydrogens (tertiary/aromatic N) is 1. The number of hydrogen-bond donors (Lipinski definition) is 1. The maximum Gasteiger partial charge on any atom is 0.310 e. The molecular formula is C12H16ClNO2S. The zero-order valence-corrected chi connectivity index (χ0v) is 11.4. The lowest BCUT2D eigenvalue weighted by molar-refractivity contribution is -0.151. The molecule has 1 aromatic heterocycles. The van der Waals surface area contributed by atoms with E-state index in [-0.39, 0.29) is 0 Å². The number of piperidine rings is 1. The van der Waals surface area contributed by atoms with E-state index in [0.717, 1.165) is 31.0 Å². The number of aliphatic carboxylic acids is 1. The molecule has 0 spiro atoms. The average Bonchev–Trinajstić information content (AvgIpc) is 2.64. The number of carboxylic acids is 1. The van der Waals surface area contributed by atoms with Crippen LogP contribution in [0.3, 0.4) is 0 Å². The number of rotatable bonds is 3. The monoisotopic (exact) mass is 273 g/mol. The van der Waals surface area contributed by atoms with Crippen LogP contribution in [-0.4, -0.2) is 29.1 Å². The lowest BCUT2D eigenvalue weighted by Gasteiger charge is -2.37. The first-order chi connectivity index (χ1) is 7.99. The van der Waals surface area contributed by atoms with Crippen LogP contribution in [0.1, 0.15) is 24.6 Å². The first kappa shape index (κ1) is 12.9. The standard InChI is InChI=1S/C12H16ClNO2S/c1-12(11(15)16)3-2-4-14(8-12)6-10-5-9(13)7-17-10/h5,7H,2-4,6,8H2,1H3,(H,15,16). The second-order valence-electron chi connectivity index (χ2n) is 4.91. The molecule has 0 saturated carbocycles. The summed E-state index contributed by atoms with van der Waals surface area (Å²) in [5.41, 5.74) is -0.598. The third-order valence-electron chi connectivity index (χ3n) is 3.29. The van der Waals surface area contributed by atoms with Crippen LogP contribution >= 0.6 is 22.9 Å². The third-order valence-corrected chi connectivity index (χ3v) is 4.56. The molecule has 1 aliphatic rings. The quantitative estimate of drug-likeness (QED) is 0.920. The molecule has 0 aliphatic carbocycles. The number of halogens is 1. The molecule has 0 amide bonds. The Morgan fingerprint density at radius 3 is 3.06 bits per heavy atom. The molecule has 3 nitrogen and oxygen atoms in total. The van der Waals surface area contributed by atoms with E-state index in [4.69, 9.17) is 11.6 Å². The van der Waals surface area contributed by atoms with Crippen LogP contribution in [0.5, 0.6) is 0 Å². The summed E-state index contributed by atoms with van der Waals surface area (Å²) in [6.45, 7) is 4.24. The van der Waals surface area contributed by atoms with Crippen molar-refractivity contribution in [2.75, 3.05) is 13.1 Å². The summed E-state index contributed by atoms with van der Waals surface area (Å²) >= 11 is 7.51. The Morgan fingerprint density at radius 1 is 1.71 bits per heavy atom. The molecule has 1 N–H and O–H groups in total. The summed E-state index contributed by atoms with van der Waals surface area (Å²) in [5, 5.41) is 11.9. The van der Waals surface area contributed by atoms with Crippen molar-refractivity contribution >= 4 is 28.9 Å². The smallest absolute Gasteiger partial charge is 0.310 e. The number of hydrogen-bond acceptors (Lipinski definition) is 3. The van der Waals surface area contributed by atoms with Gasteiger partial charge >= 0.3 is 5.97 Å². The van der Waals surface area contributed by atoms with Crippen LogP contribution in [0.2, 0.25) is 5.02 Å². The molecule has 1 atom stereocenters. The summed E-state index contributed by atoms with van der Waals surface area (Å²) in [5.74, 6) is -0.689. The third kappa shape index (κ3) is 3.00. The van der Waals surface area contributed by atoms with Gasteiger partial charge in [-0.2, -0.15) is 0 Å². The van der Waals surface area contributed by atoms with Gasteiger partial charge in [-0.25, -0.2) is 0 Å². The second-order valence-corrected chi connectivity index (χ2v) is 6.34. The fourth-order valence-corrected chi connectivity index (χ4v) is 3.43. The molecule has 1 saturated heterocycles. The zero-order valence-electron chi connectivity index (χ0n) is 9.78. The summed E-state index contributed by atoms with van der Waals surface area (Å²) in [6.07, 6.45) is 1.71. The maximum atomic E-state index is 11.2. The van der Waals surface area contributed by atoms with E-state index >= 15 is 0 Å². The van der Waals surface area contributed by atoms with E-state index in [2.05, 4.69) is 4.90 Å². The highest BCUT2D eigenvalue weighted by atomic mass is 35.5. The molecule has 2 rings (SSSR count). The van der Waals surface area contributed by atoms with E-state index in [9.17, 15) is 9.90 Å². The van der Waals surface area contributed by atoms with Gasteiger partial charge in [-0.15, -0.1) is 11.3 Å². The first-order valence-electron chi connectivity index (χ1n) is 5.68. The maximum absolute atomic E-state index is 11.2. The molecule has 0 aromatic carbocycles. The largest absolute Gasteiger partial charge is 0.481 e. The number of carboxylic acid groups (broad SMARTS) is 1. The van der Waals surface area contributed by atoms with Crippen molar-refractivity contribution < 1.29 is 9.90 Å². The van der Waals surface area contributed by atoms with Crippen molar-refractivity contribution in [2.45, 2.75) is 26.3 Å². The summed E-state index contributed by atoms with van der Waals surface area (Å²) in [7, 11) is 0. The van der Waals surface area contributed by atoms with E-state index in [0.29, 0.717) is 6.54 Å². The minimum atomic E-state index is -0.689. The lowest BCUT2D eigenvalue weighted by atomic mass is 9.82. The van der Waals surface area contributed by atoms with Gasteiger partial charge in [-0.3, -0.25) is 9.69 Å². The first-order valence-corrected chi connectivity index (χ1v) is 6.94. The highest BCUT2D eigenvalue weighted by molar-refractivity contribution is 7.10. The van der Waals surface area contributed by atoms with Gasteiger partial charge in [-0.05, 0) is 32.4 Å². The number of thiophene rings is 1. The minimum Gasteiger partial charge on any atom is -0.481 e. The minimum absolute atomic E-state index is 0.598. The highest BCUT2D eigenvalue weighted by Gasteiger charge is 2.37. The summed E-state index contributed by atoms with van der Waals surface area (Å²) in [6, 6.07) is 1.96. The van der Waals surface area contributed by atoms with Gasteiger partial charge in [0.2, 0.25) is 0 Å². The molecule has 1 unspecified atom stereocenters. The fraction of sp³-hybridized carbons (Fsp3) is 0.583.